The normalized spacial score (nSPS) is 20.4. The third-order valence-corrected chi connectivity index (χ3v) is 4.65. The number of carbonyl (C=O) groups is 1. The number of benzene rings is 1. The van der Waals surface area contributed by atoms with Crippen molar-refractivity contribution < 1.29 is 27.3 Å². The standard InChI is InChI=1S/C17H23BF3NO3/c1-11(23)22-14(10-17(19,20)21)12-7-6-8-13(9-12)18-24-15(2,3)16(4,5)25-18/h6-9,14H,10H2,1-5H3,(H,22,23). The van der Waals surface area contributed by atoms with Gasteiger partial charge in [0.2, 0.25) is 5.91 Å². The number of rotatable bonds is 4. The van der Waals surface area contributed by atoms with E-state index in [0.29, 0.717) is 11.0 Å². The van der Waals surface area contributed by atoms with Gasteiger partial charge in [0.15, 0.2) is 0 Å². The van der Waals surface area contributed by atoms with Crippen LogP contribution in [0.3, 0.4) is 0 Å². The van der Waals surface area contributed by atoms with E-state index >= 15 is 0 Å². The van der Waals surface area contributed by atoms with Gasteiger partial charge in [0.05, 0.1) is 23.7 Å². The molecule has 1 heterocycles. The van der Waals surface area contributed by atoms with E-state index in [2.05, 4.69) is 5.32 Å². The third-order valence-electron chi connectivity index (χ3n) is 4.65. The summed E-state index contributed by atoms with van der Waals surface area (Å²) in [4.78, 5) is 11.3. The Morgan fingerprint density at radius 2 is 1.76 bits per heavy atom. The van der Waals surface area contributed by atoms with E-state index in [1.807, 2.05) is 27.7 Å². The molecule has 1 amide bonds. The first kappa shape index (κ1) is 19.8. The predicted octanol–water partition coefficient (Wildman–Crippen LogP) is 3.12. The van der Waals surface area contributed by atoms with Gasteiger partial charge in [-0.1, -0.05) is 24.3 Å². The minimum absolute atomic E-state index is 0.361. The van der Waals surface area contributed by atoms with Gasteiger partial charge in [-0.2, -0.15) is 13.2 Å². The molecule has 138 valence electrons. The van der Waals surface area contributed by atoms with Crippen molar-refractivity contribution in [2.45, 2.75) is 64.5 Å². The van der Waals surface area contributed by atoms with Crippen molar-refractivity contribution in [3.8, 4) is 0 Å². The molecular formula is C17H23BF3NO3. The Hall–Kier alpha value is -1.54. The molecular weight excluding hydrogens is 334 g/mol. The van der Waals surface area contributed by atoms with Crippen LogP contribution in [-0.2, 0) is 14.1 Å². The lowest BCUT2D eigenvalue weighted by molar-refractivity contribution is -0.142. The van der Waals surface area contributed by atoms with Crippen molar-refractivity contribution in [1.82, 2.24) is 5.32 Å². The first-order valence-electron chi connectivity index (χ1n) is 8.10. The van der Waals surface area contributed by atoms with E-state index in [4.69, 9.17) is 9.31 Å². The van der Waals surface area contributed by atoms with Crippen LogP contribution in [0.25, 0.3) is 0 Å². The Balaban J connectivity index is 2.29. The second-order valence-electron chi connectivity index (χ2n) is 7.33. The molecule has 1 fully saturated rings. The van der Waals surface area contributed by atoms with Gasteiger partial charge in [0.25, 0.3) is 0 Å². The fourth-order valence-electron chi connectivity index (χ4n) is 2.63. The predicted molar refractivity (Wildman–Crippen MR) is 89.4 cm³/mol. The fourth-order valence-corrected chi connectivity index (χ4v) is 2.63. The first-order chi connectivity index (χ1) is 11.3. The average Bonchev–Trinajstić information content (AvgIpc) is 2.65. The van der Waals surface area contributed by atoms with Gasteiger partial charge >= 0.3 is 13.3 Å². The Kier molecular flexibility index (Phi) is 5.26. The Labute approximate surface area is 146 Å². The molecule has 0 spiro atoms. The molecule has 0 bridgehead atoms. The van der Waals surface area contributed by atoms with Crippen molar-refractivity contribution in [3.63, 3.8) is 0 Å². The van der Waals surface area contributed by atoms with E-state index in [9.17, 15) is 18.0 Å². The Morgan fingerprint density at radius 1 is 1.20 bits per heavy atom. The summed E-state index contributed by atoms with van der Waals surface area (Å²) in [6, 6.07) is 5.38. The molecule has 4 nitrogen and oxygen atoms in total. The van der Waals surface area contributed by atoms with Crippen LogP contribution >= 0.6 is 0 Å². The summed E-state index contributed by atoms with van der Waals surface area (Å²) in [5.41, 5.74) is -0.110. The van der Waals surface area contributed by atoms with Crippen LogP contribution in [0.1, 0.15) is 52.6 Å². The van der Waals surface area contributed by atoms with Gasteiger partial charge in [-0.05, 0) is 38.7 Å². The number of halogens is 3. The van der Waals surface area contributed by atoms with Crippen LogP contribution in [0, 0.1) is 0 Å². The quantitative estimate of drug-likeness (QED) is 0.843. The van der Waals surface area contributed by atoms with Crippen LogP contribution < -0.4 is 10.8 Å². The summed E-state index contributed by atoms with van der Waals surface area (Å²) in [6.45, 7) is 8.81. The molecule has 1 aliphatic heterocycles. The van der Waals surface area contributed by atoms with E-state index in [0.717, 1.165) is 0 Å². The lowest BCUT2D eigenvalue weighted by Crippen LogP contribution is -2.41. The molecule has 1 unspecified atom stereocenters. The van der Waals surface area contributed by atoms with Gasteiger partial charge < -0.3 is 14.6 Å². The maximum Gasteiger partial charge on any atom is 0.494 e. The van der Waals surface area contributed by atoms with Crippen molar-refractivity contribution in [2.24, 2.45) is 0 Å². The molecule has 0 aromatic heterocycles. The van der Waals surface area contributed by atoms with Crippen LogP contribution in [-0.4, -0.2) is 30.4 Å². The minimum Gasteiger partial charge on any atom is -0.399 e. The van der Waals surface area contributed by atoms with Gasteiger partial charge in [-0.25, -0.2) is 0 Å². The summed E-state index contributed by atoms with van der Waals surface area (Å²) < 4.78 is 50.4. The smallest absolute Gasteiger partial charge is 0.399 e. The van der Waals surface area contributed by atoms with Crippen LogP contribution in [0.4, 0.5) is 13.2 Å². The molecule has 1 atom stereocenters. The SMILES string of the molecule is CC(=O)NC(CC(F)(F)F)c1cccc(B2OC(C)(C)C(C)(C)O2)c1. The van der Waals surface area contributed by atoms with E-state index in [1.165, 1.54) is 6.92 Å². The monoisotopic (exact) mass is 357 g/mol. The summed E-state index contributed by atoms with van der Waals surface area (Å²) >= 11 is 0. The highest BCUT2D eigenvalue weighted by Crippen LogP contribution is 2.36. The molecule has 1 saturated heterocycles. The number of carbonyl (C=O) groups excluding carboxylic acids is 1. The summed E-state index contributed by atoms with van der Waals surface area (Å²) in [5.74, 6) is -0.518. The first-order valence-corrected chi connectivity index (χ1v) is 8.10. The molecule has 0 aliphatic carbocycles. The average molecular weight is 357 g/mol. The van der Waals surface area contributed by atoms with Gasteiger partial charge in [-0.3, -0.25) is 4.79 Å². The molecule has 1 aliphatic rings. The Morgan fingerprint density at radius 3 is 2.24 bits per heavy atom. The van der Waals surface area contributed by atoms with E-state index in [-0.39, 0.29) is 0 Å². The Bertz CT molecular complexity index is 630. The number of nitrogens with one attached hydrogen (secondary N) is 1. The van der Waals surface area contributed by atoms with E-state index in [1.54, 1.807) is 24.3 Å². The zero-order chi connectivity index (χ0) is 19.0. The highest BCUT2D eigenvalue weighted by Gasteiger charge is 2.51. The lowest BCUT2D eigenvalue weighted by atomic mass is 9.78. The molecule has 1 aromatic rings. The van der Waals surface area contributed by atoms with Crippen molar-refractivity contribution >= 4 is 18.5 Å². The number of hydrogen-bond acceptors (Lipinski definition) is 3. The highest BCUT2D eigenvalue weighted by molar-refractivity contribution is 6.62. The molecule has 8 heteroatoms. The molecule has 0 radical (unpaired) electrons. The van der Waals surface area contributed by atoms with Crippen LogP contribution in [0.5, 0.6) is 0 Å². The lowest BCUT2D eigenvalue weighted by Gasteiger charge is -2.32. The van der Waals surface area contributed by atoms with Crippen LogP contribution in [0.2, 0.25) is 0 Å². The van der Waals surface area contributed by atoms with Gasteiger partial charge in [0, 0.05) is 6.92 Å². The number of hydrogen-bond donors (Lipinski definition) is 1. The molecule has 0 saturated carbocycles. The van der Waals surface area contributed by atoms with Crippen LogP contribution in [0.15, 0.2) is 24.3 Å². The molecule has 1 aromatic carbocycles. The van der Waals surface area contributed by atoms with Crippen molar-refractivity contribution in [3.05, 3.63) is 29.8 Å². The number of alkyl halides is 3. The zero-order valence-corrected chi connectivity index (χ0v) is 15.0. The topological polar surface area (TPSA) is 47.6 Å². The molecule has 25 heavy (non-hydrogen) atoms. The summed E-state index contributed by atoms with van der Waals surface area (Å²) in [6.07, 6.45) is -5.53. The van der Waals surface area contributed by atoms with Crippen molar-refractivity contribution in [2.75, 3.05) is 0 Å². The fraction of sp³-hybridized carbons (Fsp3) is 0.588. The largest absolute Gasteiger partial charge is 0.494 e. The summed E-state index contributed by atoms with van der Waals surface area (Å²) in [7, 11) is -0.672. The second kappa shape index (κ2) is 6.65. The summed E-state index contributed by atoms with van der Waals surface area (Å²) in [5, 5.41) is 2.36. The van der Waals surface area contributed by atoms with Gasteiger partial charge in [0.1, 0.15) is 0 Å². The second-order valence-corrected chi connectivity index (χ2v) is 7.33. The maximum atomic E-state index is 12.8. The zero-order valence-electron chi connectivity index (χ0n) is 15.0. The maximum absolute atomic E-state index is 12.8. The molecule has 2 rings (SSSR count). The minimum atomic E-state index is -4.40. The van der Waals surface area contributed by atoms with Crippen molar-refractivity contribution in [1.29, 1.82) is 0 Å². The molecule has 1 N–H and O–H groups in total. The third kappa shape index (κ3) is 4.76. The highest BCUT2D eigenvalue weighted by atomic mass is 19.4. The number of amides is 1. The van der Waals surface area contributed by atoms with E-state index < -0.39 is 42.9 Å². The van der Waals surface area contributed by atoms with Gasteiger partial charge in [-0.15, -0.1) is 0 Å².